The van der Waals surface area contributed by atoms with Gasteiger partial charge in [0.05, 0.1) is 15.8 Å². The Labute approximate surface area is 108 Å². The number of rotatable bonds is 2. The van der Waals surface area contributed by atoms with Crippen LogP contribution in [0, 0.1) is 12.7 Å². The molecule has 2 rings (SSSR count). The standard InChI is InChI=1S/C13H12BrFN2/c1-8-3-2-4-9(5-8)17-13-7-11(15)10(14)6-12(13)16/h2-7,17H,16H2,1H3. The lowest BCUT2D eigenvalue weighted by atomic mass is 10.2. The van der Waals surface area contributed by atoms with Crippen LogP contribution in [0.2, 0.25) is 0 Å². The summed E-state index contributed by atoms with van der Waals surface area (Å²) in [6.07, 6.45) is 0. The summed E-state index contributed by atoms with van der Waals surface area (Å²) in [4.78, 5) is 0. The first-order chi connectivity index (χ1) is 8.06. The van der Waals surface area contributed by atoms with E-state index in [2.05, 4.69) is 21.2 Å². The van der Waals surface area contributed by atoms with E-state index in [0.717, 1.165) is 11.3 Å². The average Bonchev–Trinajstić information content (AvgIpc) is 2.26. The minimum atomic E-state index is -0.339. The number of hydrogen-bond donors (Lipinski definition) is 2. The summed E-state index contributed by atoms with van der Waals surface area (Å²) >= 11 is 3.09. The third kappa shape index (κ3) is 2.77. The summed E-state index contributed by atoms with van der Waals surface area (Å²) in [7, 11) is 0. The smallest absolute Gasteiger partial charge is 0.139 e. The number of nitrogens with two attached hydrogens (primary N) is 1. The fourth-order valence-electron chi connectivity index (χ4n) is 1.55. The van der Waals surface area contributed by atoms with E-state index in [0.29, 0.717) is 15.8 Å². The molecule has 2 aromatic carbocycles. The Bertz CT molecular complexity index is 555. The van der Waals surface area contributed by atoms with Crippen molar-refractivity contribution in [3.05, 3.63) is 52.3 Å². The number of hydrogen-bond acceptors (Lipinski definition) is 2. The van der Waals surface area contributed by atoms with E-state index in [-0.39, 0.29) is 5.82 Å². The van der Waals surface area contributed by atoms with Gasteiger partial charge in [0.1, 0.15) is 5.82 Å². The van der Waals surface area contributed by atoms with Crippen molar-refractivity contribution in [2.24, 2.45) is 0 Å². The van der Waals surface area contributed by atoms with Crippen molar-refractivity contribution in [2.75, 3.05) is 11.1 Å². The predicted molar refractivity (Wildman–Crippen MR) is 73.0 cm³/mol. The molecule has 0 aliphatic carbocycles. The van der Waals surface area contributed by atoms with Crippen LogP contribution < -0.4 is 11.1 Å². The molecule has 2 nitrogen and oxygen atoms in total. The lowest BCUT2D eigenvalue weighted by Gasteiger charge is -2.10. The normalized spacial score (nSPS) is 10.3. The zero-order valence-corrected chi connectivity index (χ0v) is 10.9. The molecule has 0 heterocycles. The van der Waals surface area contributed by atoms with Crippen molar-refractivity contribution in [1.82, 2.24) is 0 Å². The van der Waals surface area contributed by atoms with Gasteiger partial charge in [-0.3, -0.25) is 0 Å². The third-order valence-corrected chi connectivity index (χ3v) is 3.00. The fraction of sp³-hybridized carbons (Fsp3) is 0.0769. The van der Waals surface area contributed by atoms with E-state index >= 15 is 0 Å². The second kappa shape index (κ2) is 4.75. The van der Waals surface area contributed by atoms with Gasteiger partial charge in [-0.25, -0.2) is 4.39 Å². The van der Waals surface area contributed by atoms with Gasteiger partial charge in [0.25, 0.3) is 0 Å². The van der Waals surface area contributed by atoms with E-state index in [4.69, 9.17) is 5.73 Å². The minimum absolute atomic E-state index is 0.339. The van der Waals surface area contributed by atoms with E-state index in [1.54, 1.807) is 6.07 Å². The van der Waals surface area contributed by atoms with Gasteiger partial charge in [-0.05, 0) is 46.6 Å². The molecule has 2 aromatic rings. The third-order valence-electron chi connectivity index (χ3n) is 2.39. The molecular formula is C13H12BrFN2. The highest BCUT2D eigenvalue weighted by Crippen LogP contribution is 2.29. The van der Waals surface area contributed by atoms with E-state index < -0.39 is 0 Å². The topological polar surface area (TPSA) is 38.0 Å². The molecule has 0 amide bonds. The Morgan fingerprint density at radius 1 is 1.24 bits per heavy atom. The molecule has 0 radical (unpaired) electrons. The van der Waals surface area contributed by atoms with Crippen LogP contribution in [0.4, 0.5) is 21.5 Å². The first-order valence-corrected chi connectivity index (χ1v) is 5.94. The van der Waals surface area contributed by atoms with Crippen LogP contribution in [0.25, 0.3) is 0 Å². The molecule has 0 bridgehead atoms. The van der Waals surface area contributed by atoms with Crippen molar-refractivity contribution >= 4 is 33.0 Å². The molecule has 0 atom stereocenters. The molecule has 17 heavy (non-hydrogen) atoms. The van der Waals surface area contributed by atoms with Gasteiger partial charge in [0.15, 0.2) is 0 Å². The minimum Gasteiger partial charge on any atom is -0.397 e. The predicted octanol–water partition coefficient (Wildman–Crippen LogP) is 4.22. The second-order valence-electron chi connectivity index (χ2n) is 3.85. The lowest BCUT2D eigenvalue weighted by molar-refractivity contribution is 0.622. The summed E-state index contributed by atoms with van der Waals surface area (Å²) in [5.41, 5.74) is 8.90. The van der Waals surface area contributed by atoms with Gasteiger partial charge >= 0.3 is 0 Å². The molecule has 4 heteroatoms. The van der Waals surface area contributed by atoms with Crippen molar-refractivity contribution in [1.29, 1.82) is 0 Å². The highest BCUT2D eigenvalue weighted by Gasteiger charge is 2.06. The second-order valence-corrected chi connectivity index (χ2v) is 4.70. The van der Waals surface area contributed by atoms with Crippen molar-refractivity contribution in [2.45, 2.75) is 6.92 Å². The van der Waals surface area contributed by atoms with Crippen molar-refractivity contribution in [3.63, 3.8) is 0 Å². The van der Waals surface area contributed by atoms with Crippen LogP contribution in [0.15, 0.2) is 40.9 Å². The lowest BCUT2D eigenvalue weighted by Crippen LogP contribution is -1.97. The van der Waals surface area contributed by atoms with Crippen molar-refractivity contribution in [3.8, 4) is 0 Å². The SMILES string of the molecule is Cc1cccc(Nc2cc(F)c(Br)cc2N)c1. The zero-order valence-electron chi connectivity index (χ0n) is 9.30. The molecule has 0 unspecified atom stereocenters. The number of anilines is 3. The first kappa shape index (κ1) is 11.9. The summed E-state index contributed by atoms with van der Waals surface area (Å²) in [5.74, 6) is -0.339. The Hall–Kier alpha value is -1.55. The van der Waals surface area contributed by atoms with E-state index in [1.165, 1.54) is 6.07 Å². The highest BCUT2D eigenvalue weighted by molar-refractivity contribution is 9.10. The number of aryl methyl sites for hydroxylation is 1. The summed E-state index contributed by atoms with van der Waals surface area (Å²) in [5, 5.41) is 3.10. The van der Waals surface area contributed by atoms with Crippen LogP contribution >= 0.6 is 15.9 Å². The highest BCUT2D eigenvalue weighted by atomic mass is 79.9. The number of benzene rings is 2. The Kier molecular flexibility index (Phi) is 3.33. The summed E-state index contributed by atoms with van der Waals surface area (Å²) in [6.45, 7) is 2.00. The van der Waals surface area contributed by atoms with Gasteiger partial charge in [-0.2, -0.15) is 0 Å². The maximum absolute atomic E-state index is 13.4. The van der Waals surface area contributed by atoms with Gasteiger partial charge < -0.3 is 11.1 Å². The molecule has 0 saturated carbocycles. The van der Waals surface area contributed by atoms with Crippen molar-refractivity contribution < 1.29 is 4.39 Å². The zero-order chi connectivity index (χ0) is 12.4. The van der Waals surface area contributed by atoms with E-state index in [1.807, 2.05) is 31.2 Å². The average molecular weight is 295 g/mol. The molecule has 0 fully saturated rings. The largest absolute Gasteiger partial charge is 0.397 e. The molecule has 0 aromatic heterocycles. The molecule has 3 N–H and O–H groups in total. The number of nitrogens with one attached hydrogen (secondary N) is 1. The molecule has 88 valence electrons. The molecule has 0 spiro atoms. The Balaban J connectivity index is 2.33. The maximum Gasteiger partial charge on any atom is 0.139 e. The van der Waals surface area contributed by atoms with Gasteiger partial charge in [0, 0.05) is 11.8 Å². The summed E-state index contributed by atoms with van der Waals surface area (Å²) < 4.78 is 13.8. The molecule has 0 aliphatic rings. The Morgan fingerprint density at radius 3 is 2.71 bits per heavy atom. The van der Waals surface area contributed by atoms with Crippen LogP contribution in [0.5, 0.6) is 0 Å². The number of halogens is 2. The fourth-order valence-corrected chi connectivity index (χ4v) is 1.91. The number of nitrogen functional groups attached to an aromatic ring is 1. The first-order valence-electron chi connectivity index (χ1n) is 5.14. The molecular weight excluding hydrogens is 283 g/mol. The van der Waals surface area contributed by atoms with Crippen LogP contribution in [-0.2, 0) is 0 Å². The van der Waals surface area contributed by atoms with Gasteiger partial charge in [-0.15, -0.1) is 0 Å². The van der Waals surface area contributed by atoms with Crippen LogP contribution in [0.1, 0.15) is 5.56 Å². The summed E-state index contributed by atoms with van der Waals surface area (Å²) in [6, 6.07) is 10.7. The maximum atomic E-state index is 13.4. The van der Waals surface area contributed by atoms with Crippen LogP contribution in [0.3, 0.4) is 0 Å². The van der Waals surface area contributed by atoms with Crippen LogP contribution in [-0.4, -0.2) is 0 Å². The molecule has 0 aliphatic heterocycles. The van der Waals surface area contributed by atoms with Gasteiger partial charge in [-0.1, -0.05) is 12.1 Å². The van der Waals surface area contributed by atoms with Gasteiger partial charge in [0.2, 0.25) is 0 Å². The monoisotopic (exact) mass is 294 g/mol. The Morgan fingerprint density at radius 2 is 2.00 bits per heavy atom. The quantitative estimate of drug-likeness (QED) is 0.814. The molecule has 0 saturated heterocycles. The van der Waals surface area contributed by atoms with E-state index in [9.17, 15) is 4.39 Å².